The number of nitrogens with two attached hydrogens (primary N) is 1. The molecule has 0 spiro atoms. The second-order valence-corrected chi connectivity index (χ2v) is 4.76. The lowest BCUT2D eigenvalue weighted by atomic mass is 10.1. The van der Waals surface area contributed by atoms with Crippen LogP contribution in [0.4, 0.5) is 10.2 Å². The molecule has 0 aliphatic carbocycles. The number of halogens is 1. The van der Waals surface area contributed by atoms with E-state index >= 15 is 0 Å². The van der Waals surface area contributed by atoms with Crippen LogP contribution in [0.3, 0.4) is 0 Å². The normalized spacial score (nSPS) is 10.7. The fourth-order valence-electron chi connectivity index (χ4n) is 1.89. The van der Waals surface area contributed by atoms with E-state index in [0.29, 0.717) is 17.1 Å². The summed E-state index contributed by atoms with van der Waals surface area (Å²) in [6, 6.07) is 10.4. The van der Waals surface area contributed by atoms with Crippen LogP contribution in [0.1, 0.15) is 0 Å². The van der Waals surface area contributed by atoms with Crippen LogP contribution in [0.2, 0.25) is 0 Å². The molecule has 0 unspecified atom stereocenters. The van der Waals surface area contributed by atoms with Gasteiger partial charge in [-0.1, -0.05) is 18.2 Å². The van der Waals surface area contributed by atoms with Crippen molar-refractivity contribution in [1.82, 2.24) is 10.2 Å². The number of nitrogens with zero attached hydrogens (tertiary/aromatic N) is 1. The number of aromatic amines is 1. The van der Waals surface area contributed by atoms with Gasteiger partial charge in [0.1, 0.15) is 5.82 Å². The van der Waals surface area contributed by atoms with Gasteiger partial charge in [-0.15, -0.1) is 11.3 Å². The second kappa shape index (κ2) is 4.27. The van der Waals surface area contributed by atoms with E-state index in [4.69, 9.17) is 5.73 Å². The number of nitrogen functional groups attached to an aromatic ring is 1. The average Bonchev–Trinajstić information content (AvgIpc) is 2.98. The van der Waals surface area contributed by atoms with E-state index in [9.17, 15) is 4.39 Å². The summed E-state index contributed by atoms with van der Waals surface area (Å²) >= 11 is 1.55. The molecular weight excluding hydrogens is 249 g/mol. The fourth-order valence-corrected chi connectivity index (χ4v) is 2.67. The van der Waals surface area contributed by atoms with Crippen LogP contribution < -0.4 is 5.73 Å². The number of aromatic nitrogens is 2. The first-order valence-corrected chi connectivity index (χ1v) is 6.28. The van der Waals surface area contributed by atoms with Gasteiger partial charge in [-0.05, 0) is 23.6 Å². The molecular formula is C13H10FN3S. The summed E-state index contributed by atoms with van der Waals surface area (Å²) in [6.45, 7) is 0. The molecule has 3 N–H and O–H groups in total. The van der Waals surface area contributed by atoms with E-state index in [2.05, 4.69) is 10.2 Å². The van der Waals surface area contributed by atoms with Crippen molar-refractivity contribution in [3.05, 3.63) is 47.6 Å². The van der Waals surface area contributed by atoms with Crippen LogP contribution in [-0.2, 0) is 0 Å². The monoisotopic (exact) mass is 259 g/mol. The second-order valence-electron chi connectivity index (χ2n) is 3.82. The fraction of sp³-hybridized carbons (Fsp3) is 0. The Morgan fingerprint density at radius 1 is 1.17 bits per heavy atom. The van der Waals surface area contributed by atoms with Crippen molar-refractivity contribution in [2.75, 3.05) is 5.73 Å². The summed E-state index contributed by atoms with van der Waals surface area (Å²) in [6.07, 6.45) is 0. The van der Waals surface area contributed by atoms with Crippen molar-refractivity contribution in [1.29, 1.82) is 0 Å². The van der Waals surface area contributed by atoms with E-state index in [-0.39, 0.29) is 5.82 Å². The molecule has 3 nitrogen and oxygen atoms in total. The van der Waals surface area contributed by atoms with Crippen molar-refractivity contribution < 1.29 is 4.39 Å². The average molecular weight is 259 g/mol. The van der Waals surface area contributed by atoms with Crippen molar-refractivity contribution in [3.8, 4) is 21.7 Å². The summed E-state index contributed by atoms with van der Waals surface area (Å²) in [5.41, 5.74) is 7.72. The third kappa shape index (κ3) is 1.69. The minimum atomic E-state index is -0.293. The molecule has 0 amide bonds. The van der Waals surface area contributed by atoms with Gasteiger partial charge in [0.15, 0.2) is 5.82 Å². The van der Waals surface area contributed by atoms with E-state index in [0.717, 1.165) is 10.4 Å². The molecule has 0 bridgehead atoms. The van der Waals surface area contributed by atoms with Crippen LogP contribution in [0.25, 0.3) is 21.7 Å². The summed E-state index contributed by atoms with van der Waals surface area (Å²) in [5, 5.41) is 8.75. The first kappa shape index (κ1) is 11.0. The Bertz CT molecular complexity index is 673. The Labute approximate surface area is 107 Å². The van der Waals surface area contributed by atoms with Crippen molar-refractivity contribution in [2.45, 2.75) is 0 Å². The molecule has 0 saturated heterocycles. The molecule has 3 aromatic rings. The van der Waals surface area contributed by atoms with Crippen LogP contribution in [0.5, 0.6) is 0 Å². The highest BCUT2D eigenvalue weighted by atomic mass is 32.1. The Kier molecular flexibility index (Phi) is 2.60. The molecule has 1 aromatic carbocycles. The zero-order chi connectivity index (χ0) is 12.5. The van der Waals surface area contributed by atoms with Gasteiger partial charge in [0.25, 0.3) is 0 Å². The van der Waals surface area contributed by atoms with Gasteiger partial charge in [-0.25, -0.2) is 4.39 Å². The first-order valence-electron chi connectivity index (χ1n) is 5.40. The van der Waals surface area contributed by atoms with Crippen LogP contribution in [-0.4, -0.2) is 10.2 Å². The van der Waals surface area contributed by atoms with Gasteiger partial charge >= 0.3 is 0 Å². The van der Waals surface area contributed by atoms with Gasteiger partial charge in [0.05, 0.1) is 11.3 Å². The zero-order valence-electron chi connectivity index (χ0n) is 9.35. The smallest absolute Gasteiger partial charge is 0.154 e. The quantitative estimate of drug-likeness (QED) is 0.739. The number of H-pyrrole nitrogens is 1. The van der Waals surface area contributed by atoms with Crippen molar-refractivity contribution in [3.63, 3.8) is 0 Å². The third-order valence-electron chi connectivity index (χ3n) is 2.71. The predicted molar refractivity (Wildman–Crippen MR) is 71.7 cm³/mol. The Morgan fingerprint density at radius 2 is 2.00 bits per heavy atom. The Morgan fingerprint density at radius 3 is 2.72 bits per heavy atom. The van der Waals surface area contributed by atoms with Gasteiger partial charge in [-0.2, -0.15) is 5.10 Å². The zero-order valence-corrected chi connectivity index (χ0v) is 10.2. The lowest BCUT2D eigenvalue weighted by molar-refractivity contribution is 0.630. The highest BCUT2D eigenvalue weighted by Gasteiger charge is 2.17. The molecule has 5 heteroatoms. The largest absolute Gasteiger partial charge is 0.382 e. The third-order valence-corrected chi connectivity index (χ3v) is 3.59. The van der Waals surface area contributed by atoms with Crippen molar-refractivity contribution in [2.24, 2.45) is 0 Å². The molecule has 0 aliphatic rings. The minimum Gasteiger partial charge on any atom is -0.382 e. The number of hydrogen-bond donors (Lipinski definition) is 2. The number of anilines is 1. The summed E-state index contributed by atoms with van der Waals surface area (Å²) in [5.74, 6) is 0.0923. The molecule has 0 atom stereocenters. The van der Waals surface area contributed by atoms with E-state index in [1.54, 1.807) is 29.5 Å². The van der Waals surface area contributed by atoms with Crippen LogP contribution in [0, 0.1) is 5.82 Å². The topological polar surface area (TPSA) is 54.7 Å². The summed E-state index contributed by atoms with van der Waals surface area (Å²) in [4.78, 5) is 0.972. The number of thiophene rings is 1. The minimum absolute atomic E-state index is 0.293. The standard InChI is InChI=1S/C13H10FN3S/c14-9-5-2-1-4-8(9)12-11(13(15)17-16-12)10-6-3-7-18-10/h1-7H,(H3,15,16,17). The van der Waals surface area contributed by atoms with E-state index < -0.39 is 0 Å². The molecule has 0 aliphatic heterocycles. The van der Waals surface area contributed by atoms with Crippen LogP contribution >= 0.6 is 11.3 Å². The van der Waals surface area contributed by atoms with Gasteiger partial charge in [-0.3, -0.25) is 5.10 Å². The van der Waals surface area contributed by atoms with Crippen molar-refractivity contribution >= 4 is 17.2 Å². The maximum atomic E-state index is 13.8. The van der Waals surface area contributed by atoms with Gasteiger partial charge < -0.3 is 5.73 Å². The lowest BCUT2D eigenvalue weighted by Gasteiger charge is -2.03. The maximum Gasteiger partial charge on any atom is 0.154 e. The van der Waals surface area contributed by atoms with E-state index in [1.807, 2.05) is 17.5 Å². The Hall–Kier alpha value is -2.14. The number of benzene rings is 1. The van der Waals surface area contributed by atoms with Crippen LogP contribution in [0.15, 0.2) is 41.8 Å². The number of nitrogens with one attached hydrogen (secondary N) is 1. The molecule has 18 heavy (non-hydrogen) atoms. The highest BCUT2D eigenvalue weighted by Crippen LogP contribution is 2.37. The molecule has 3 rings (SSSR count). The SMILES string of the molecule is Nc1n[nH]c(-c2ccccc2F)c1-c1cccs1. The molecule has 0 saturated carbocycles. The first-order chi connectivity index (χ1) is 8.77. The molecule has 90 valence electrons. The molecule has 2 heterocycles. The number of hydrogen-bond acceptors (Lipinski definition) is 3. The van der Waals surface area contributed by atoms with E-state index in [1.165, 1.54) is 6.07 Å². The number of rotatable bonds is 2. The summed E-state index contributed by atoms with van der Waals surface area (Å²) < 4.78 is 13.8. The summed E-state index contributed by atoms with van der Waals surface area (Å²) in [7, 11) is 0. The molecule has 0 radical (unpaired) electrons. The highest BCUT2D eigenvalue weighted by molar-refractivity contribution is 7.13. The Balaban J connectivity index is 2.23. The van der Waals surface area contributed by atoms with Gasteiger partial charge in [0, 0.05) is 10.4 Å². The maximum absolute atomic E-state index is 13.8. The van der Waals surface area contributed by atoms with Gasteiger partial charge in [0.2, 0.25) is 0 Å². The molecule has 0 fully saturated rings. The predicted octanol–water partition coefficient (Wildman–Crippen LogP) is 3.53. The lowest BCUT2D eigenvalue weighted by Crippen LogP contribution is -1.88. The molecule has 2 aromatic heterocycles.